The minimum atomic E-state index is -0.778. The van der Waals surface area contributed by atoms with Crippen LogP contribution in [-0.4, -0.2) is 27.9 Å². The number of amides is 2. The van der Waals surface area contributed by atoms with E-state index in [9.17, 15) is 9.59 Å². The first-order chi connectivity index (χ1) is 15.8. The molecular formula is C24H18Cl3N3O2S. The molecule has 168 valence electrons. The van der Waals surface area contributed by atoms with Crippen molar-refractivity contribution in [2.75, 3.05) is 10.2 Å². The van der Waals surface area contributed by atoms with Gasteiger partial charge in [0, 0.05) is 27.3 Å². The normalized spacial score (nSPS) is 15.8. The number of hydrogen-bond acceptors (Lipinski definition) is 3. The van der Waals surface area contributed by atoms with E-state index in [4.69, 9.17) is 47.0 Å². The Morgan fingerprint density at radius 2 is 1.55 bits per heavy atom. The Balaban J connectivity index is 1.60. The fourth-order valence-corrected chi connectivity index (χ4v) is 4.40. The minimum Gasteiger partial charge on any atom is -0.332 e. The maximum Gasteiger partial charge on any atom is 0.256 e. The number of nitrogens with one attached hydrogen (secondary N) is 1. The van der Waals surface area contributed by atoms with Crippen LogP contribution in [0.3, 0.4) is 0 Å². The Bertz CT molecular complexity index is 1200. The van der Waals surface area contributed by atoms with Crippen LogP contribution >= 0.6 is 47.0 Å². The summed E-state index contributed by atoms with van der Waals surface area (Å²) in [6.45, 7) is 0.345. The molecule has 0 spiro atoms. The summed E-state index contributed by atoms with van der Waals surface area (Å²) in [6, 6.07) is 20.1. The van der Waals surface area contributed by atoms with E-state index in [0.29, 0.717) is 38.1 Å². The molecule has 1 unspecified atom stereocenters. The number of halogens is 3. The lowest BCUT2D eigenvalue weighted by molar-refractivity contribution is -0.124. The average Bonchev–Trinajstić information content (AvgIpc) is 3.00. The molecular weight excluding hydrogens is 501 g/mol. The van der Waals surface area contributed by atoms with Gasteiger partial charge in [-0.05, 0) is 72.4 Å². The van der Waals surface area contributed by atoms with Gasteiger partial charge in [-0.2, -0.15) is 0 Å². The third-order valence-electron chi connectivity index (χ3n) is 5.16. The molecule has 2 amide bonds. The Labute approximate surface area is 211 Å². The summed E-state index contributed by atoms with van der Waals surface area (Å²) in [6.07, 6.45) is -0.0771. The molecule has 1 heterocycles. The van der Waals surface area contributed by atoms with Gasteiger partial charge in [0.15, 0.2) is 5.11 Å². The molecule has 1 atom stereocenters. The maximum atomic E-state index is 13.5. The molecule has 3 aromatic rings. The Morgan fingerprint density at radius 3 is 2.18 bits per heavy atom. The lowest BCUT2D eigenvalue weighted by Crippen LogP contribution is -2.37. The molecule has 1 aliphatic heterocycles. The molecule has 3 aromatic carbocycles. The number of hydrogen-bond donors (Lipinski definition) is 1. The van der Waals surface area contributed by atoms with Crippen LogP contribution in [0.4, 0.5) is 11.4 Å². The Kier molecular flexibility index (Phi) is 7.20. The quantitative estimate of drug-likeness (QED) is 0.396. The van der Waals surface area contributed by atoms with Gasteiger partial charge in [-0.3, -0.25) is 14.5 Å². The fraction of sp³-hybridized carbons (Fsp3) is 0.125. The van der Waals surface area contributed by atoms with Crippen LogP contribution in [0.15, 0.2) is 72.8 Å². The number of anilines is 2. The van der Waals surface area contributed by atoms with E-state index < -0.39 is 6.04 Å². The monoisotopic (exact) mass is 517 g/mol. The highest BCUT2D eigenvalue weighted by Gasteiger charge is 2.44. The van der Waals surface area contributed by atoms with Gasteiger partial charge in [0.25, 0.3) is 5.91 Å². The van der Waals surface area contributed by atoms with E-state index in [0.717, 1.165) is 5.56 Å². The predicted octanol–water partition coefficient (Wildman–Crippen LogP) is 6.18. The van der Waals surface area contributed by atoms with Gasteiger partial charge < -0.3 is 10.2 Å². The first kappa shape index (κ1) is 23.5. The van der Waals surface area contributed by atoms with Crippen molar-refractivity contribution in [2.45, 2.75) is 19.0 Å². The third-order valence-corrected chi connectivity index (χ3v) is 6.31. The van der Waals surface area contributed by atoms with E-state index in [1.165, 1.54) is 4.90 Å². The van der Waals surface area contributed by atoms with Crippen molar-refractivity contribution in [3.8, 4) is 0 Å². The topological polar surface area (TPSA) is 52.7 Å². The van der Waals surface area contributed by atoms with Crippen molar-refractivity contribution in [3.05, 3.63) is 93.4 Å². The third kappa shape index (κ3) is 5.47. The highest BCUT2D eigenvalue weighted by molar-refractivity contribution is 7.80. The molecule has 1 aliphatic rings. The number of carbonyl (C=O) groups excluding carboxylic acids is 2. The van der Waals surface area contributed by atoms with Crippen LogP contribution < -0.4 is 10.2 Å². The van der Waals surface area contributed by atoms with Crippen LogP contribution in [0.1, 0.15) is 12.0 Å². The van der Waals surface area contributed by atoms with Crippen molar-refractivity contribution in [1.82, 2.24) is 4.90 Å². The molecule has 4 rings (SSSR count). The predicted molar refractivity (Wildman–Crippen MR) is 137 cm³/mol. The fourth-order valence-electron chi connectivity index (χ4n) is 3.57. The molecule has 0 radical (unpaired) electrons. The largest absolute Gasteiger partial charge is 0.332 e. The van der Waals surface area contributed by atoms with E-state index in [1.807, 2.05) is 12.1 Å². The van der Waals surface area contributed by atoms with Gasteiger partial charge in [-0.15, -0.1) is 0 Å². The second-order valence-electron chi connectivity index (χ2n) is 7.47. The number of rotatable bonds is 6. The number of nitrogens with zero attached hydrogens (tertiary/aromatic N) is 2. The molecule has 0 aromatic heterocycles. The van der Waals surface area contributed by atoms with E-state index in [1.54, 1.807) is 65.6 Å². The standard InChI is InChI=1S/C24H18Cl3N3O2S/c25-16-6-4-15(5-7-16)14-29-21(13-22(31)28-19-10-8-17(26)9-11-19)23(32)30(24(29)33)20-3-1-2-18(27)12-20/h1-12,21H,13-14H2,(H,28,31). The smallest absolute Gasteiger partial charge is 0.256 e. The second kappa shape index (κ2) is 10.1. The second-order valence-corrected chi connectivity index (χ2v) is 9.14. The van der Waals surface area contributed by atoms with Crippen molar-refractivity contribution in [2.24, 2.45) is 0 Å². The Morgan fingerprint density at radius 1 is 0.909 bits per heavy atom. The number of benzene rings is 3. The summed E-state index contributed by atoms with van der Waals surface area (Å²) in [5, 5.41) is 4.77. The zero-order valence-corrected chi connectivity index (χ0v) is 20.3. The average molecular weight is 519 g/mol. The first-order valence-corrected chi connectivity index (χ1v) is 11.6. The van der Waals surface area contributed by atoms with Crippen molar-refractivity contribution in [3.63, 3.8) is 0 Å². The van der Waals surface area contributed by atoms with Crippen LogP contribution in [0.2, 0.25) is 15.1 Å². The van der Waals surface area contributed by atoms with Crippen molar-refractivity contribution < 1.29 is 9.59 Å². The summed E-state index contributed by atoms with van der Waals surface area (Å²) >= 11 is 23.7. The summed E-state index contributed by atoms with van der Waals surface area (Å²) in [5.74, 6) is -0.602. The molecule has 33 heavy (non-hydrogen) atoms. The highest BCUT2D eigenvalue weighted by Crippen LogP contribution is 2.30. The zero-order chi connectivity index (χ0) is 23.5. The van der Waals surface area contributed by atoms with E-state index in [2.05, 4.69) is 5.32 Å². The van der Waals surface area contributed by atoms with Crippen LogP contribution in [0.25, 0.3) is 0 Å². The van der Waals surface area contributed by atoms with Crippen LogP contribution in [-0.2, 0) is 16.1 Å². The van der Waals surface area contributed by atoms with Gasteiger partial charge in [-0.1, -0.05) is 53.0 Å². The van der Waals surface area contributed by atoms with Gasteiger partial charge >= 0.3 is 0 Å². The molecule has 1 fully saturated rings. The van der Waals surface area contributed by atoms with Gasteiger partial charge in [0.05, 0.1) is 12.1 Å². The van der Waals surface area contributed by atoms with E-state index in [-0.39, 0.29) is 18.2 Å². The van der Waals surface area contributed by atoms with E-state index >= 15 is 0 Å². The molecule has 1 N–H and O–H groups in total. The Hall–Kier alpha value is -2.64. The molecule has 9 heteroatoms. The SMILES string of the molecule is O=C(CC1C(=O)N(c2cccc(Cl)c2)C(=S)N1Cc1ccc(Cl)cc1)Nc1ccc(Cl)cc1. The molecule has 0 bridgehead atoms. The lowest BCUT2D eigenvalue weighted by atomic mass is 10.1. The van der Waals surface area contributed by atoms with Gasteiger partial charge in [-0.25, -0.2) is 0 Å². The summed E-state index contributed by atoms with van der Waals surface area (Å²) in [7, 11) is 0. The summed E-state index contributed by atoms with van der Waals surface area (Å²) in [5.41, 5.74) is 2.05. The van der Waals surface area contributed by atoms with Gasteiger partial charge in [0.2, 0.25) is 5.91 Å². The lowest BCUT2D eigenvalue weighted by Gasteiger charge is -2.24. The molecule has 5 nitrogen and oxygen atoms in total. The maximum absolute atomic E-state index is 13.5. The van der Waals surface area contributed by atoms with Crippen molar-refractivity contribution >= 4 is 75.3 Å². The van der Waals surface area contributed by atoms with Crippen LogP contribution in [0.5, 0.6) is 0 Å². The molecule has 0 aliphatic carbocycles. The van der Waals surface area contributed by atoms with Gasteiger partial charge in [0.1, 0.15) is 6.04 Å². The zero-order valence-electron chi connectivity index (χ0n) is 17.2. The first-order valence-electron chi connectivity index (χ1n) is 10.0. The summed E-state index contributed by atoms with van der Waals surface area (Å²) < 4.78 is 0. The highest BCUT2D eigenvalue weighted by atomic mass is 35.5. The van der Waals surface area contributed by atoms with Crippen LogP contribution in [0, 0.1) is 0 Å². The number of thiocarbonyl (C=S) groups is 1. The molecule has 0 saturated carbocycles. The number of carbonyl (C=O) groups is 2. The minimum absolute atomic E-state index is 0.0771. The summed E-state index contributed by atoms with van der Waals surface area (Å²) in [4.78, 5) is 29.5. The molecule has 1 saturated heterocycles. The van der Waals surface area contributed by atoms with Crippen molar-refractivity contribution in [1.29, 1.82) is 0 Å².